The van der Waals surface area contributed by atoms with Crippen molar-refractivity contribution in [3.63, 3.8) is 0 Å². The lowest BCUT2D eigenvalue weighted by molar-refractivity contribution is -0.287. The van der Waals surface area contributed by atoms with E-state index in [2.05, 4.69) is 15.0 Å². The average molecular weight is 449 g/mol. The summed E-state index contributed by atoms with van der Waals surface area (Å²) in [5.74, 6) is 0.612. The molecule has 3 aliphatic rings. The third-order valence-corrected chi connectivity index (χ3v) is 6.44. The zero-order valence-corrected chi connectivity index (χ0v) is 17.7. The van der Waals surface area contributed by atoms with Crippen molar-refractivity contribution in [2.45, 2.75) is 25.1 Å². The molecule has 1 aromatic heterocycles. The summed E-state index contributed by atoms with van der Waals surface area (Å²) in [6.45, 7) is 2.09. The van der Waals surface area contributed by atoms with E-state index in [1.54, 1.807) is 18.3 Å². The second-order valence-corrected chi connectivity index (χ2v) is 8.52. The molecule has 6 nitrogen and oxygen atoms in total. The number of carbonyl (C=O) groups excluding carboxylic acids is 1. The smallest absolute Gasteiger partial charge is 0.395 e. The minimum absolute atomic E-state index is 0.0307. The molecule has 3 aliphatic heterocycles. The Kier molecular flexibility index (Phi) is 4.50. The van der Waals surface area contributed by atoms with Gasteiger partial charge in [-0.15, -0.1) is 8.78 Å². The molecule has 1 saturated heterocycles. The van der Waals surface area contributed by atoms with Gasteiger partial charge in [0.2, 0.25) is 0 Å². The van der Waals surface area contributed by atoms with E-state index < -0.39 is 6.29 Å². The van der Waals surface area contributed by atoms with Gasteiger partial charge in [-0.25, -0.2) is 4.98 Å². The maximum absolute atomic E-state index is 13.7. The van der Waals surface area contributed by atoms with Gasteiger partial charge in [0.25, 0.3) is 5.91 Å². The molecule has 8 heteroatoms. The molecule has 1 N–H and O–H groups in total. The molecule has 2 aromatic carbocycles. The molecule has 168 valence electrons. The number of ether oxygens (including phenoxy) is 2. The van der Waals surface area contributed by atoms with Crippen LogP contribution >= 0.6 is 0 Å². The monoisotopic (exact) mass is 449 g/mol. The van der Waals surface area contributed by atoms with E-state index in [9.17, 15) is 13.6 Å². The Bertz CT molecular complexity index is 1260. The van der Waals surface area contributed by atoms with Crippen LogP contribution in [0.15, 0.2) is 54.7 Å². The zero-order chi connectivity index (χ0) is 22.6. The third-order valence-electron chi connectivity index (χ3n) is 6.44. The predicted octanol–water partition coefficient (Wildman–Crippen LogP) is 4.86. The zero-order valence-electron chi connectivity index (χ0n) is 17.7. The highest BCUT2D eigenvalue weighted by atomic mass is 19.3. The number of carbonyl (C=O) groups is 1. The molecule has 0 spiro atoms. The van der Waals surface area contributed by atoms with E-state index in [1.165, 1.54) is 6.07 Å². The fourth-order valence-electron chi connectivity index (χ4n) is 4.84. The minimum atomic E-state index is -3.67. The van der Waals surface area contributed by atoms with Crippen LogP contribution in [0, 0.1) is 0 Å². The topological polar surface area (TPSA) is 63.7 Å². The molecule has 1 fully saturated rings. The van der Waals surface area contributed by atoms with Crippen LogP contribution in [0.4, 0.5) is 14.6 Å². The van der Waals surface area contributed by atoms with Crippen LogP contribution in [-0.4, -0.2) is 41.7 Å². The summed E-state index contributed by atoms with van der Waals surface area (Å²) in [7, 11) is 0. The number of alkyl halides is 2. The number of hydrogen-bond acceptors (Lipinski definition) is 5. The SMILES string of the molecule is O=C(c1cccc(-c2cnc3c(c2)C(c2cccc4c2OC(F)(F)O4)CN3)c1)N1CCCC1. The lowest BCUT2D eigenvalue weighted by Gasteiger charge is -2.16. The summed E-state index contributed by atoms with van der Waals surface area (Å²) in [6, 6.07) is 14.5. The van der Waals surface area contributed by atoms with Crippen molar-refractivity contribution >= 4 is 11.7 Å². The summed E-state index contributed by atoms with van der Waals surface area (Å²) in [5, 5.41) is 3.25. The second kappa shape index (κ2) is 7.43. The average Bonchev–Trinajstić information content (AvgIpc) is 3.55. The molecule has 1 unspecified atom stereocenters. The molecular weight excluding hydrogens is 428 g/mol. The summed E-state index contributed by atoms with van der Waals surface area (Å²) >= 11 is 0. The Labute approximate surface area is 189 Å². The van der Waals surface area contributed by atoms with Crippen LogP contribution in [0.2, 0.25) is 0 Å². The fraction of sp³-hybridized carbons (Fsp3) is 0.280. The van der Waals surface area contributed by atoms with E-state index in [0.717, 1.165) is 42.6 Å². The third kappa shape index (κ3) is 3.46. The van der Waals surface area contributed by atoms with Gasteiger partial charge in [0.1, 0.15) is 5.82 Å². The van der Waals surface area contributed by atoms with Crippen molar-refractivity contribution < 1.29 is 23.0 Å². The van der Waals surface area contributed by atoms with Crippen molar-refractivity contribution in [2.24, 2.45) is 0 Å². The number of hydrogen-bond donors (Lipinski definition) is 1. The number of amides is 1. The normalized spacial score (nSPS) is 19.9. The Balaban J connectivity index is 1.35. The predicted molar refractivity (Wildman–Crippen MR) is 118 cm³/mol. The molecule has 1 atom stereocenters. The Morgan fingerprint density at radius 2 is 1.85 bits per heavy atom. The van der Waals surface area contributed by atoms with Gasteiger partial charge in [-0.05, 0) is 42.7 Å². The van der Waals surface area contributed by atoms with E-state index in [0.29, 0.717) is 23.5 Å². The van der Waals surface area contributed by atoms with Crippen molar-refractivity contribution in [1.82, 2.24) is 9.88 Å². The summed E-state index contributed by atoms with van der Waals surface area (Å²) in [4.78, 5) is 19.3. The number of para-hydroxylation sites is 1. The molecular formula is C25H21F2N3O3. The van der Waals surface area contributed by atoms with E-state index >= 15 is 0 Å². The first-order valence-electron chi connectivity index (χ1n) is 11.0. The first kappa shape index (κ1) is 20.0. The van der Waals surface area contributed by atoms with Crippen LogP contribution in [0.5, 0.6) is 11.5 Å². The quantitative estimate of drug-likeness (QED) is 0.619. The van der Waals surface area contributed by atoms with E-state index in [1.807, 2.05) is 35.2 Å². The first-order valence-corrected chi connectivity index (χ1v) is 11.0. The Morgan fingerprint density at radius 3 is 2.70 bits per heavy atom. The number of fused-ring (bicyclic) bond motifs is 2. The van der Waals surface area contributed by atoms with Crippen LogP contribution in [0.1, 0.15) is 40.2 Å². The van der Waals surface area contributed by atoms with Gasteiger partial charge in [-0.3, -0.25) is 4.79 Å². The van der Waals surface area contributed by atoms with Crippen molar-refractivity contribution in [3.05, 3.63) is 71.4 Å². The summed E-state index contributed by atoms with van der Waals surface area (Å²) in [6.07, 6.45) is 0.170. The number of nitrogens with zero attached hydrogens (tertiary/aromatic N) is 2. The first-order chi connectivity index (χ1) is 16.0. The minimum Gasteiger partial charge on any atom is -0.395 e. The molecule has 6 rings (SSSR count). The van der Waals surface area contributed by atoms with Crippen molar-refractivity contribution in [1.29, 1.82) is 0 Å². The van der Waals surface area contributed by atoms with Gasteiger partial charge in [-0.2, -0.15) is 0 Å². The van der Waals surface area contributed by atoms with Crippen LogP contribution < -0.4 is 14.8 Å². The lowest BCUT2D eigenvalue weighted by atomic mass is 9.91. The standard InChI is InChI=1S/C25H21F2N3O3/c26-25(27)32-21-8-4-7-18(22(21)33-25)20-14-29-23-19(20)12-17(13-28-23)15-5-3-6-16(11-15)24(31)30-9-1-2-10-30/h3-8,11-13,20H,1-2,9-10,14H2,(H,28,29). The molecule has 0 bridgehead atoms. The molecule has 0 aliphatic carbocycles. The number of aromatic nitrogens is 1. The van der Waals surface area contributed by atoms with Crippen LogP contribution in [0.3, 0.4) is 0 Å². The van der Waals surface area contributed by atoms with E-state index in [-0.39, 0.29) is 23.3 Å². The van der Waals surface area contributed by atoms with Gasteiger partial charge in [0, 0.05) is 54.0 Å². The highest BCUT2D eigenvalue weighted by molar-refractivity contribution is 5.95. The fourth-order valence-corrected chi connectivity index (χ4v) is 4.84. The molecule has 4 heterocycles. The number of pyridine rings is 1. The van der Waals surface area contributed by atoms with Crippen LogP contribution in [0.25, 0.3) is 11.1 Å². The highest BCUT2D eigenvalue weighted by Gasteiger charge is 2.45. The molecule has 0 radical (unpaired) electrons. The number of halogens is 2. The Hall–Kier alpha value is -3.68. The second-order valence-electron chi connectivity index (χ2n) is 8.52. The maximum atomic E-state index is 13.7. The van der Waals surface area contributed by atoms with Crippen molar-refractivity contribution in [3.8, 4) is 22.6 Å². The number of rotatable bonds is 3. The lowest BCUT2D eigenvalue weighted by Crippen LogP contribution is -2.27. The van der Waals surface area contributed by atoms with Gasteiger partial charge < -0.3 is 19.7 Å². The van der Waals surface area contributed by atoms with Crippen LogP contribution in [-0.2, 0) is 0 Å². The molecule has 3 aromatic rings. The van der Waals surface area contributed by atoms with Gasteiger partial charge in [0.15, 0.2) is 11.5 Å². The largest absolute Gasteiger partial charge is 0.586 e. The van der Waals surface area contributed by atoms with Gasteiger partial charge in [0.05, 0.1) is 0 Å². The van der Waals surface area contributed by atoms with Gasteiger partial charge >= 0.3 is 6.29 Å². The summed E-state index contributed by atoms with van der Waals surface area (Å²) < 4.78 is 36.8. The number of benzene rings is 2. The van der Waals surface area contributed by atoms with E-state index in [4.69, 9.17) is 4.74 Å². The van der Waals surface area contributed by atoms with Gasteiger partial charge in [-0.1, -0.05) is 24.3 Å². The molecule has 1 amide bonds. The Morgan fingerprint density at radius 1 is 1.03 bits per heavy atom. The highest BCUT2D eigenvalue weighted by Crippen LogP contribution is 2.49. The number of likely N-dealkylation sites (tertiary alicyclic amines) is 1. The molecule has 33 heavy (non-hydrogen) atoms. The van der Waals surface area contributed by atoms with Crippen molar-refractivity contribution in [2.75, 3.05) is 25.0 Å². The number of nitrogens with one attached hydrogen (secondary N) is 1. The molecule has 0 saturated carbocycles. The maximum Gasteiger partial charge on any atom is 0.586 e. The number of anilines is 1. The summed E-state index contributed by atoms with van der Waals surface area (Å²) in [5.41, 5.74) is 3.89.